The summed E-state index contributed by atoms with van der Waals surface area (Å²) < 4.78 is 16.0. The number of benzene rings is 1. The van der Waals surface area contributed by atoms with Crippen molar-refractivity contribution in [3.05, 3.63) is 18.2 Å². The Balaban J connectivity index is 1.81. The van der Waals surface area contributed by atoms with Gasteiger partial charge in [-0.2, -0.15) is 4.98 Å². The number of rotatable bonds is 5. The molecule has 0 aliphatic heterocycles. The fourth-order valence-corrected chi connectivity index (χ4v) is 2.88. The molecule has 1 aliphatic rings. The summed E-state index contributed by atoms with van der Waals surface area (Å²) in [5.74, 6) is 1.75. The Morgan fingerprint density at radius 2 is 1.95 bits per heavy atom. The topological polar surface area (TPSA) is 69.4 Å². The molecule has 1 aliphatic carbocycles. The van der Waals surface area contributed by atoms with E-state index in [9.17, 15) is 0 Å². The van der Waals surface area contributed by atoms with E-state index in [0.717, 1.165) is 18.4 Å². The monoisotopic (exact) mass is 303 g/mol. The number of ether oxygens (including phenoxy) is 2. The highest BCUT2D eigenvalue weighted by molar-refractivity contribution is 5.68. The van der Waals surface area contributed by atoms with E-state index >= 15 is 0 Å². The lowest BCUT2D eigenvalue weighted by Crippen LogP contribution is -2.22. The molecule has 0 bridgehead atoms. The van der Waals surface area contributed by atoms with Crippen LogP contribution in [0.5, 0.6) is 11.5 Å². The maximum absolute atomic E-state index is 5.41. The maximum atomic E-state index is 5.41. The molecule has 3 rings (SSSR count). The smallest absolute Gasteiger partial charge is 0.322 e. The van der Waals surface area contributed by atoms with Crippen molar-refractivity contribution in [1.82, 2.24) is 10.1 Å². The van der Waals surface area contributed by atoms with Crippen LogP contribution in [-0.4, -0.2) is 30.4 Å². The van der Waals surface area contributed by atoms with Crippen molar-refractivity contribution in [2.45, 2.75) is 38.1 Å². The Morgan fingerprint density at radius 1 is 1.14 bits per heavy atom. The maximum Gasteiger partial charge on any atom is 0.322 e. The molecule has 0 atom stereocenters. The van der Waals surface area contributed by atoms with E-state index in [4.69, 9.17) is 14.0 Å². The lowest BCUT2D eigenvalue weighted by Gasteiger charge is -2.21. The molecule has 6 nitrogen and oxygen atoms in total. The summed E-state index contributed by atoms with van der Waals surface area (Å²) in [7, 11) is 3.20. The Bertz CT molecular complexity index is 621. The highest BCUT2D eigenvalue weighted by atomic mass is 16.5. The lowest BCUT2D eigenvalue weighted by atomic mass is 9.96. The van der Waals surface area contributed by atoms with Crippen LogP contribution < -0.4 is 14.8 Å². The van der Waals surface area contributed by atoms with Crippen molar-refractivity contribution in [3.8, 4) is 22.9 Å². The molecule has 22 heavy (non-hydrogen) atoms. The summed E-state index contributed by atoms with van der Waals surface area (Å²) in [6.07, 6.45) is 6.12. The normalized spacial score (nSPS) is 15.5. The van der Waals surface area contributed by atoms with E-state index in [-0.39, 0.29) is 0 Å². The van der Waals surface area contributed by atoms with Gasteiger partial charge in [0.2, 0.25) is 5.82 Å². The quantitative estimate of drug-likeness (QED) is 0.911. The minimum absolute atomic E-state index is 0.425. The van der Waals surface area contributed by atoms with E-state index in [1.165, 1.54) is 19.3 Å². The van der Waals surface area contributed by atoms with Crippen LogP contribution in [0.1, 0.15) is 32.1 Å². The second kappa shape index (κ2) is 6.68. The van der Waals surface area contributed by atoms with Gasteiger partial charge in [-0.15, -0.1) is 0 Å². The van der Waals surface area contributed by atoms with Gasteiger partial charge in [-0.05, 0) is 25.0 Å². The van der Waals surface area contributed by atoms with Gasteiger partial charge in [-0.25, -0.2) is 0 Å². The van der Waals surface area contributed by atoms with Gasteiger partial charge in [0.1, 0.15) is 0 Å². The first-order valence-electron chi connectivity index (χ1n) is 7.63. The molecule has 1 aromatic carbocycles. The van der Waals surface area contributed by atoms with Gasteiger partial charge < -0.3 is 19.3 Å². The van der Waals surface area contributed by atoms with Gasteiger partial charge in [0.05, 0.1) is 19.8 Å². The summed E-state index contributed by atoms with van der Waals surface area (Å²) in [5, 5.41) is 7.38. The second-order valence-electron chi connectivity index (χ2n) is 5.44. The van der Waals surface area contributed by atoms with Crippen molar-refractivity contribution in [3.63, 3.8) is 0 Å². The minimum atomic E-state index is 0.425. The third-order valence-corrected chi connectivity index (χ3v) is 4.00. The Morgan fingerprint density at radius 3 is 2.68 bits per heavy atom. The first kappa shape index (κ1) is 14.7. The van der Waals surface area contributed by atoms with Gasteiger partial charge in [0.15, 0.2) is 11.5 Å². The molecule has 1 N–H and O–H groups in total. The van der Waals surface area contributed by atoms with Crippen LogP contribution in [-0.2, 0) is 0 Å². The predicted molar refractivity (Wildman–Crippen MR) is 83.3 cm³/mol. The molecule has 0 amide bonds. The van der Waals surface area contributed by atoms with Crippen LogP contribution in [0.2, 0.25) is 0 Å². The lowest BCUT2D eigenvalue weighted by molar-refractivity contribution is 0.355. The van der Waals surface area contributed by atoms with Crippen molar-refractivity contribution in [2.75, 3.05) is 19.5 Å². The Labute approximate surface area is 129 Å². The first-order chi connectivity index (χ1) is 10.8. The number of nitrogens with zero attached hydrogens (tertiary/aromatic N) is 2. The van der Waals surface area contributed by atoms with Crippen molar-refractivity contribution in [1.29, 1.82) is 0 Å². The zero-order chi connectivity index (χ0) is 15.4. The van der Waals surface area contributed by atoms with Crippen LogP contribution in [0.4, 0.5) is 6.01 Å². The molecule has 1 saturated carbocycles. The molecule has 2 aromatic rings. The number of nitrogens with one attached hydrogen (secondary N) is 1. The molecule has 118 valence electrons. The van der Waals surface area contributed by atoms with E-state index in [1.807, 2.05) is 18.2 Å². The first-order valence-corrected chi connectivity index (χ1v) is 7.63. The molecule has 1 fully saturated rings. The molecule has 6 heteroatoms. The van der Waals surface area contributed by atoms with Crippen molar-refractivity contribution < 1.29 is 14.0 Å². The van der Waals surface area contributed by atoms with Crippen molar-refractivity contribution in [2.24, 2.45) is 0 Å². The van der Waals surface area contributed by atoms with Gasteiger partial charge in [-0.1, -0.05) is 30.5 Å². The molecular formula is C16H21N3O3. The molecule has 0 spiro atoms. The van der Waals surface area contributed by atoms with Crippen LogP contribution in [0.15, 0.2) is 22.7 Å². The van der Waals surface area contributed by atoms with Crippen LogP contribution in [0.3, 0.4) is 0 Å². The number of methoxy groups -OCH3 is 2. The average Bonchev–Trinajstić information content (AvgIpc) is 3.03. The fourth-order valence-electron chi connectivity index (χ4n) is 2.88. The van der Waals surface area contributed by atoms with E-state index in [0.29, 0.717) is 29.4 Å². The number of anilines is 1. The minimum Gasteiger partial charge on any atom is -0.493 e. The second-order valence-corrected chi connectivity index (χ2v) is 5.44. The Kier molecular flexibility index (Phi) is 4.46. The van der Waals surface area contributed by atoms with Crippen LogP contribution in [0.25, 0.3) is 11.4 Å². The summed E-state index contributed by atoms with van der Waals surface area (Å²) in [6, 6.07) is 6.49. The van der Waals surface area contributed by atoms with E-state index in [2.05, 4.69) is 15.5 Å². The molecule has 1 aromatic heterocycles. The van der Waals surface area contributed by atoms with E-state index < -0.39 is 0 Å². The summed E-state index contributed by atoms with van der Waals surface area (Å²) in [5.41, 5.74) is 0.752. The van der Waals surface area contributed by atoms with Crippen molar-refractivity contribution >= 4 is 6.01 Å². The number of para-hydroxylation sites is 1. The van der Waals surface area contributed by atoms with Crippen LogP contribution in [0, 0.1) is 0 Å². The number of aromatic nitrogens is 2. The standard InChI is InChI=1S/C16H21N3O3/c1-20-13-10-6-9-12(14(13)21-2)15-18-16(22-19-15)17-11-7-4-3-5-8-11/h6,9-11H,3-5,7-8H2,1-2H3,(H,17,18,19). The summed E-state index contributed by atoms with van der Waals surface area (Å²) in [4.78, 5) is 4.43. The summed E-state index contributed by atoms with van der Waals surface area (Å²) >= 11 is 0. The highest BCUT2D eigenvalue weighted by Gasteiger charge is 2.19. The molecule has 0 radical (unpaired) electrons. The average molecular weight is 303 g/mol. The predicted octanol–water partition coefficient (Wildman–Crippen LogP) is 3.50. The third kappa shape index (κ3) is 3.00. The van der Waals surface area contributed by atoms with E-state index in [1.54, 1.807) is 14.2 Å². The molecular weight excluding hydrogens is 282 g/mol. The van der Waals surface area contributed by atoms with Gasteiger partial charge >= 0.3 is 6.01 Å². The largest absolute Gasteiger partial charge is 0.493 e. The zero-order valence-electron chi connectivity index (χ0n) is 13.0. The van der Waals surface area contributed by atoms with Gasteiger partial charge in [-0.3, -0.25) is 0 Å². The molecule has 0 unspecified atom stereocenters. The van der Waals surface area contributed by atoms with Crippen LogP contribution >= 0.6 is 0 Å². The molecule has 1 heterocycles. The zero-order valence-corrected chi connectivity index (χ0v) is 13.0. The highest BCUT2D eigenvalue weighted by Crippen LogP contribution is 2.36. The SMILES string of the molecule is COc1cccc(-c2noc(NC3CCCCC3)n2)c1OC. The number of hydrogen-bond donors (Lipinski definition) is 1. The Hall–Kier alpha value is -2.24. The van der Waals surface area contributed by atoms with Gasteiger partial charge in [0.25, 0.3) is 0 Å². The third-order valence-electron chi connectivity index (χ3n) is 4.00. The summed E-state index contributed by atoms with van der Waals surface area (Å²) in [6.45, 7) is 0. The molecule has 0 saturated heterocycles. The fraction of sp³-hybridized carbons (Fsp3) is 0.500. The van der Waals surface area contributed by atoms with Gasteiger partial charge in [0, 0.05) is 6.04 Å². The number of hydrogen-bond acceptors (Lipinski definition) is 6.